The van der Waals surface area contributed by atoms with Crippen molar-refractivity contribution >= 4 is 21.7 Å². The first-order chi connectivity index (χ1) is 14.4. The van der Waals surface area contributed by atoms with Crippen LogP contribution in [0.25, 0.3) is 11.1 Å². The number of nitrogens with one attached hydrogen (secondary N) is 1. The molecule has 0 atom stereocenters. The summed E-state index contributed by atoms with van der Waals surface area (Å²) in [5.41, 5.74) is 2.81. The fourth-order valence-electron chi connectivity index (χ4n) is 3.11. The van der Waals surface area contributed by atoms with E-state index in [1.165, 1.54) is 7.11 Å². The minimum Gasteiger partial charge on any atom is -0.497 e. The smallest absolute Gasteiger partial charge is 0.303 e. The lowest BCUT2D eigenvalue weighted by molar-refractivity contribution is -0.137. The Morgan fingerprint density at radius 3 is 2.40 bits per heavy atom. The Morgan fingerprint density at radius 2 is 1.70 bits per heavy atom. The van der Waals surface area contributed by atoms with Gasteiger partial charge in [0.15, 0.2) is 0 Å². The van der Waals surface area contributed by atoms with Crippen molar-refractivity contribution in [1.82, 2.24) is 0 Å². The van der Waals surface area contributed by atoms with E-state index in [1.54, 1.807) is 36.4 Å². The van der Waals surface area contributed by atoms with Crippen LogP contribution in [-0.2, 0) is 21.2 Å². The number of methoxy groups -OCH3 is 1. The van der Waals surface area contributed by atoms with Crippen molar-refractivity contribution < 1.29 is 23.1 Å². The molecule has 0 bridgehead atoms. The number of carbonyl (C=O) groups is 1. The van der Waals surface area contributed by atoms with E-state index in [2.05, 4.69) is 4.72 Å². The van der Waals surface area contributed by atoms with Crippen LogP contribution in [0.3, 0.4) is 0 Å². The molecule has 156 valence electrons. The molecule has 0 saturated carbocycles. The van der Waals surface area contributed by atoms with E-state index < -0.39 is 16.0 Å². The molecule has 0 aliphatic rings. The second-order valence-electron chi connectivity index (χ2n) is 6.77. The zero-order valence-electron chi connectivity index (χ0n) is 16.5. The molecule has 0 saturated heterocycles. The standard InChI is InChI=1S/C23H23NO5S/c1-29-20-13-14-22(19(15-20)10-6-12-23(25)26)24-30(27,28)21-11-5-9-18(16-21)17-7-3-2-4-8-17/h2-5,7-9,11,13-16,24H,6,10,12H2,1H3,(H,25,26). The van der Waals surface area contributed by atoms with Crippen LogP contribution in [0.2, 0.25) is 0 Å². The molecular formula is C23H23NO5S. The average molecular weight is 426 g/mol. The molecule has 7 heteroatoms. The number of hydrogen-bond acceptors (Lipinski definition) is 4. The van der Waals surface area contributed by atoms with Crippen LogP contribution in [-0.4, -0.2) is 26.6 Å². The minimum atomic E-state index is -3.83. The van der Waals surface area contributed by atoms with Gasteiger partial charge >= 0.3 is 5.97 Å². The topological polar surface area (TPSA) is 92.7 Å². The molecule has 0 amide bonds. The number of sulfonamides is 1. The van der Waals surface area contributed by atoms with Crippen molar-refractivity contribution in [2.75, 3.05) is 11.8 Å². The number of carboxylic acids is 1. The number of aryl methyl sites for hydroxylation is 1. The van der Waals surface area contributed by atoms with Crippen molar-refractivity contribution in [3.8, 4) is 16.9 Å². The lowest BCUT2D eigenvalue weighted by Crippen LogP contribution is -2.14. The molecule has 3 aromatic rings. The van der Waals surface area contributed by atoms with Gasteiger partial charge in [-0.15, -0.1) is 0 Å². The van der Waals surface area contributed by atoms with Gasteiger partial charge in [0, 0.05) is 6.42 Å². The van der Waals surface area contributed by atoms with Gasteiger partial charge < -0.3 is 9.84 Å². The molecule has 0 fully saturated rings. The fraction of sp³-hybridized carbons (Fsp3) is 0.174. The third-order valence-electron chi connectivity index (χ3n) is 4.64. The van der Waals surface area contributed by atoms with Crippen LogP contribution in [0.15, 0.2) is 77.7 Å². The SMILES string of the molecule is COc1ccc(NS(=O)(=O)c2cccc(-c3ccccc3)c2)c(CCCC(=O)O)c1. The van der Waals surface area contributed by atoms with Crippen molar-refractivity contribution in [1.29, 1.82) is 0 Å². The molecule has 30 heavy (non-hydrogen) atoms. The third-order valence-corrected chi connectivity index (χ3v) is 6.01. The van der Waals surface area contributed by atoms with Crippen LogP contribution in [0.5, 0.6) is 5.75 Å². The molecule has 6 nitrogen and oxygen atoms in total. The average Bonchev–Trinajstić information content (AvgIpc) is 2.75. The summed E-state index contributed by atoms with van der Waals surface area (Å²) in [6, 6.07) is 21.3. The highest BCUT2D eigenvalue weighted by molar-refractivity contribution is 7.92. The normalized spacial score (nSPS) is 11.1. The van der Waals surface area contributed by atoms with Crippen molar-refractivity contribution in [3.63, 3.8) is 0 Å². The molecule has 3 aromatic carbocycles. The predicted molar refractivity (Wildman–Crippen MR) is 116 cm³/mol. The lowest BCUT2D eigenvalue weighted by Gasteiger charge is -2.14. The van der Waals surface area contributed by atoms with E-state index in [4.69, 9.17) is 9.84 Å². The van der Waals surface area contributed by atoms with Gasteiger partial charge in [-0.3, -0.25) is 9.52 Å². The molecule has 0 heterocycles. The third kappa shape index (κ3) is 5.39. The van der Waals surface area contributed by atoms with Gasteiger partial charge in [-0.25, -0.2) is 8.42 Å². The quantitative estimate of drug-likeness (QED) is 0.524. The van der Waals surface area contributed by atoms with Gasteiger partial charge in [0.25, 0.3) is 10.0 Å². The summed E-state index contributed by atoms with van der Waals surface area (Å²) in [6.07, 6.45) is 0.800. The largest absolute Gasteiger partial charge is 0.497 e. The second-order valence-corrected chi connectivity index (χ2v) is 8.45. The number of anilines is 1. The Bertz CT molecular complexity index is 1130. The molecule has 0 aliphatic carbocycles. The maximum Gasteiger partial charge on any atom is 0.303 e. The van der Waals surface area contributed by atoms with Gasteiger partial charge in [-0.1, -0.05) is 42.5 Å². The van der Waals surface area contributed by atoms with Crippen molar-refractivity contribution in [2.24, 2.45) is 0 Å². The summed E-state index contributed by atoms with van der Waals surface area (Å²) < 4.78 is 33.9. The summed E-state index contributed by atoms with van der Waals surface area (Å²) in [7, 11) is -2.31. The van der Waals surface area contributed by atoms with E-state index in [0.717, 1.165) is 11.1 Å². The van der Waals surface area contributed by atoms with Crippen molar-refractivity contribution in [3.05, 3.63) is 78.4 Å². The molecule has 0 unspecified atom stereocenters. The van der Waals surface area contributed by atoms with Gasteiger partial charge in [-0.05, 0) is 59.9 Å². The molecule has 3 rings (SSSR count). The Hall–Kier alpha value is -3.32. The number of rotatable bonds is 9. The highest BCUT2D eigenvalue weighted by Crippen LogP contribution is 2.28. The van der Waals surface area contributed by atoms with E-state index in [1.807, 2.05) is 36.4 Å². The summed E-state index contributed by atoms with van der Waals surface area (Å²) in [5.74, 6) is -0.313. The zero-order chi connectivity index (χ0) is 21.6. The van der Waals surface area contributed by atoms with Crippen LogP contribution >= 0.6 is 0 Å². The van der Waals surface area contributed by atoms with Gasteiger partial charge in [-0.2, -0.15) is 0 Å². The lowest BCUT2D eigenvalue weighted by atomic mass is 10.1. The second kappa shape index (κ2) is 9.45. The van der Waals surface area contributed by atoms with Crippen molar-refractivity contribution in [2.45, 2.75) is 24.2 Å². The maximum atomic E-state index is 13.0. The van der Waals surface area contributed by atoms with E-state index in [0.29, 0.717) is 29.8 Å². The monoisotopic (exact) mass is 425 g/mol. The number of hydrogen-bond donors (Lipinski definition) is 2. The molecule has 0 spiro atoms. The highest BCUT2D eigenvalue weighted by atomic mass is 32.2. The van der Waals surface area contributed by atoms with Crippen LogP contribution in [0, 0.1) is 0 Å². The minimum absolute atomic E-state index is 0.00250. The first-order valence-corrected chi connectivity index (χ1v) is 10.9. The Balaban J connectivity index is 1.89. The van der Waals surface area contributed by atoms with E-state index in [9.17, 15) is 13.2 Å². The van der Waals surface area contributed by atoms with Gasteiger partial charge in [0.05, 0.1) is 17.7 Å². The summed E-state index contributed by atoms with van der Waals surface area (Å²) in [5, 5.41) is 8.88. The number of ether oxygens (including phenoxy) is 1. The zero-order valence-corrected chi connectivity index (χ0v) is 17.4. The molecule has 0 radical (unpaired) electrons. The summed E-state index contributed by atoms with van der Waals surface area (Å²) in [4.78, 5) is 11.0. The summed E-state index contributed by atoms with van der Waals surface area (Å²) >= 11 is 0. The van der Waals surface area contributed by atoms with Crippen LogP contribution in [0.4, 0.5) is 5.69 Å². The first-order valence-electron chi connectivity index (χ1n) is 9.46. The maximum absolute atomic E-state index is 13.0. The van der Waals surface area contributed by atoms with Gasteiger partial charge in [0.2, 0.25) is 0 Å². The van der Waals surface area contributed by atoms with Crippen LogP contribution in [0.1, 0.15) is 18.4 Å². The van der Waals surface area contributed by atoms with E-state index in [-0.39, 0.29) is 11.3 Å². The fourth-order valence-corrected chi connectivity index (χ4v) is 4.26. The highest BCUT2D eigenvalue weighted by Gasteiger charge is 2.17. The predicted octanol–water partition coefficient (Wildman–Crippen LogP) is 4.57. The molecular weight excluding hydrogens is 402 g/mol. The molecule has 0 aromatic heterocycles. The van der Waals surface area contributed by atoms with E-state index >= 15 is 0 Å². The molecule has 0 aliphatic heterocycles. The number of carboxylic acid groups (broad SMARTS) is 1. The first kappa shape index (κ1) is 21.4. The molecule has 2 N–H and O–H groups in total. The number of aliphatic carboxylic acids is 1. The van der Waals surface area contributed by atoms with Gasteiger partial charge in [0.1, 0.15) is 5.75 Å². The summed E-state index contributed by atoms with van der Waals surface area (Å²) in [6.45, 7) is 0. The Morgan fingerprint density at radius 1 is 0.967 bits per heavy atom. The Kier molecular flexibility index (Phi) is 6.74. The Labute approximate surface area is 176 Å². The van der Waals surface area contributed by atoms with Crippen LogP contribution < -0.4 is 9.46 Å². The number of benzene rings is 3.